The van der Waals surface area contributed by atoms with Crippen LogP contribution >= 0.6 is 0 Å². The molecule has 1 aromatic carbocycles. The second kappa shape index (κ2) is 3.80. The number of aryl methyl sites for hydroxylation is 1. The molecule has 2 heteroatoms. The Kier molecular flexibility index (Phi) is 2.29. The van der Waals surface area contributed by atoms with Crippen LogP contribution in [0.1, 0.15) is 12.0 Å². The Morgan fingerprint density at radius 1 is 1.25 bits per heavy atom. The zero-order chi connectivity index (χ0) is 11.0. The maximum Gasteiger partial charge on any atom is 0.0484 e. The third kappa shape index (κ3) is 1.46. The molecule has 2 aromatic rings. The van der Waals surface area contributed by atoms with E-state index in [1.165, 1.54) is 22.0 Å². The molecule has 3 rings (SSSR count). The quantitative estimate of drug-likeness (QED) is 0.768. The number of hydrogen-bond donors (Lipinski definition) is 1. The van der Waals surface area contributed by atoms with Crippen LogP contribution in [0.2, 0.25) is 0 Å². The molecule has 0 radical (unpaired) electrons. The van der Waals surface area contributed by atoms with Crippen molar-refractivity contribution in [2.24, 2.45) is 7.05 Å². The minimum atomic E-state index is 0.999. The van der Waals surface area contributed by atoms with Gasteiger partial charge in [0.2, 0.25) is 0 Å². The minimum Gasteiger partial charge on any atom is -0.350 e. The van der Waals surface area contributed by atoms with Crippen molar-refractivity contribution >= 4 is 16.5 Å². The van der Waals surface area contributed by atoms with Gasteiger partial charge in [-0.3, -0.25) is 0 Å². The molecule has 0 atom stereocenters. The average Bonchev–Trinajstić information content (AvgIpc) is 2.69. The first-order chi connectivity index (χ1) is 7.86. The highest BCUT2D eigenvalue weighted by atomic mass is 14.9. The lowest BCUT2D eigenvalue weighted by Crippen LogP contribution is -2.19. The Morgan fingerprint density at radius 3 is 2.94 bits per heavy atom. The van der Waals surface area contributed by atoms with Gasteiger partial charge in [0.1, 0.15) is 0 Å². The Morgan fingerprint density at radius 2 is 2.12 bits per heavy atom. The van der Waals surface area contributed by atoms with Crippen LogP contribution in [0, 0.1) is 0 Å². The summed E-state index contributed by atoms with van der Waals surface area (Å²) in [7, 11) is 2.12. The van der Waals surface area contributed by atoms with E-state index < -0.39 is 0 Å². The van der Waals surface area contributed by atoms with Crippen LogP contribution in [0.15, 0.2) is 36.5 Å². The molecule has 0 saturated heterocycles. The number of rotatable bonds is 1. The van der Waals surface area contributed by atoms with E-state index >= 15 is 0 Å². The summed E-state index contributed by atoms with van der Waals surface area (Å²) >= 11 is 0. The summed E-state index contributed by atoms with van der Waals surface area (Å²) in [4.78, 5) is 0. The molecule has 2 nitrogen and oxygen atoms in total. The van der Waals surface area contributed by atoms with Crippen molar-refractivity contribution in [2.45, 2.75) is 6.42 Å². The summed E-state index contributed by atoms with van der Waals surface area (Å²) in [5, 5.41) is 4.73. The van der Waals surface area contributed by atoms with Crippen LogP contribution in [0.5, 0.6) is 0 Å². The summed E-state index contributed by atoms with van der Waals surface area (Å²) in [5.41, 5.74) is 4.20. The first-order valence-corrected chi connectivity index (χ1v) is 5.80. The second-order valence-electron chi connectivity index (χ2n) is 4.35. The van der Waals surface area contributed by atoms with E-state index in [4.69, 9.17) is 0 Å². The number of para-hydroxylation sites is 1. The van der Waals surface area contributed by atoms with Gasteiger partial charge in [-0.25, -0.2) is 0 Å². The predicted molar refractivity (Wildman–Crippen MR) is 68.4 cm³/mol. The van der Waals surface area contributed by atoms with Gasteiger partial charge in [0.05, 0.1) is 0 Å². The van der Waals surface area contributed by atoms with E-state index in [1.54, 1.807) is 0 Å². The van der Waals surface area contributed by atoms with Gasteiger partial charge in [0.25, 0.3) is 0 Å². The van der Waals surface area contributed by atoms with Gasteiger partial charge in [-0.2, -0.15) is 0 Å². The molecular weight excluding hydrogens is 196 g/mol. The molecule has 2 heterocycles. The summed E-state index contributed by atoms with van der Waals surface area (Å²) < 4.78 is 2.22. The number of hydrogen-bond acceptors (Lipinski definition) is 1. The highest BCUT2D eigenvalue weighted by Crippen LogP contribution is 2.28. The molecule has 0 amide bonds. The van der Waals surface area contributed by atoms with Gasteiger partial charge in [0.15, 0.2) is 0 Å². The molecule has 1 N–H and O–H groups in total. The summed E-state index contributed by atoms with van der Waals surface area (Å²) in [5.74, 6) is 0. The van der Waals surface area contributed by atoms with Crippen molar-refractivity contribution in [3.8, 4) is 0 Å². The highest BCUT2D eigenvalue weighted by Gasteiger charge is 2.11. The average molecular weight is 212 g/mol. The largest absolute Gasteiger partial charge is 0.350 e. The third-order valence-corrected chi connectivity index (χ3v) is 3.31. The van der Waals surface area contributed by atoms with Crippen molar-refractivity contribution in [1.82, 2.24) is 9.88 Å². The lowest BCUT2D eigenvalue weighted by molar-refractivity contribution is 0.738. The lowest BCUT2D eigenvalue weighted by Gasteiger charge is -2.13. The maximum absolute atomic E-state index is 3.36. The fourth-order valence-electron chi connectivity index (χ4n) is 2.46. The monoisotopic (exact) mass is 212 g/mol. The van der Waals surface area contributed by atoms with Gasteiger partial charge in [-0.05, 0) is 24.6 Å². The van der Waals surface area contributed by atoms with Crippen LogP contribution < -0.4 is 5.32 Å². The summed E-state index contributed by atoms with van der Waals surface area (Å²) in [6.45, 7) is 2.09. The van der Waals surface area contributed by atoms with Gasteiger partial charge < -0.3 is 9.88 Å². The number of nitrogens with zero attached hydrogens (tertiary/aromatic N) is 1. The zero-order valence-electron chi connectivity index (χ0n) is 9.53. The molecule has 1 aliphatic rings. The zero-order valence-corrected chi connectivity index (χ0v) is 9.53. The van der Waals surface area contributed by atoms with E-state index in [0.29, 0.717) is 0 Å². The van der Waals surface area contributed by atoms with Gasteiger partial charge in [0, 0.05) is 36.3 Å². The number of nitrogens with one attached hydrogen (secondary N) is 1. The maximum atomic E-state index is 3.36. The van der Waals surface area contributed by atoms with Gasteiger partial charge in [-0.15, -0.1) is 0 Å². The third-order valence-electron chi connectivity index (χ3n) is 3.31. The van der Waals surface area contributed by atoms with E-state index in [1.807, 2.05) is 0 Å². The van der Waals surface area contributed by atoms with Crippen LogP contribution in [-0.4, -0.2) is 17.7 Å². The first kappa shape index (κ1) is 9.67. The molecule has 1 aromatic heterocycles. The first-order valence-electron chi connectivity index (χ1n) is 5.80. The van der Waals surface area contributed by atoms with E-state index in [2.05, 4.69) is 53.5 Å². The van der Waals surface area contributed by atoms with Gasteiger partial charge in [-0.1, -0.05) is 24.3 Å². The Bertz CT molecular complexity index is 549. The molecule has 0 aliphatic carbocycles. The van der Waals surface area contributed by atoms with Crippen LogP contribution in [0.4, 0.5) is 0 Å². The van der Waals surface area contributed by atoms with Crippen molar-refractivity contribution in [3.63, 3.8) is 0 Å². The molecule has 0 unspecified atom stereocenters. The van der Waals surface area contributed by atoms with Crippen molar-refractivity contribution in [1.29, 1.82) is 0 Å². The number of benzene rings is 1. The van der Waals surface area contributed by atoms with Crippen LogP contribution in [-0.2, 0) is 7.05 Å². The molecule has 16 heavy (non-hydrogen) atoms. The number of fused-ring (bicyclic) bond motifs is 1. The van der Waals surface area contributed by atoms with Crippen molar-refractivity contribution < 1.29 is 0 Å². The fourth-order valence-corrected chi connectivity index (χ4v) is 2.46. The van der Waals surface area contributed by atoms with E-state index in [-0.39, 0.29) is 0 Å². The molecular formula is C14H16N2. The molecule has 82 valence electrons. The lowest BCUT2D eigenvalue weighted by atomic mass is 10.00. The van der Waals surface area contributed by atoms with Gasteiger partial charge >= 0.3 is 0 Å². The smallest absolute Gasteiger partial charge is 0.0484 e. The summed E-state index contributed by atoms with van der Waals surface area (Å²) in [6.07, 6.45) is 5.70. The molecule has 0 bridgehead atoms. The van der Waals surface area contributed by atoms with Crippen molar-refractivity contribution in [3.05, 3.63) is 42.1 Å². The second-order valence-corrected chi connectivity index (χ2v) is 4.35. The van der Waals surface area contributed by atoms with Crippen LogP contribution in [0.3, 0.4) is 0 Å². The normalized spacial score (nSPS) is 16.4. The van der Waals surface area contributed by atoms with Crippen LogP contribution in [0.25, 0.3) is 16.5 Å². The van der Waals surface area contributed by atoms with E-state index in [0.717, 1.165) is 19.5 Å². The molecule has 1 aliphatic heterocycles. The fraction of sp³-hybridized carbons (Fsp3) is 0.286. The topological polar surface area (TPSA) is 17.0 Å². The Balaban J connectivity index is 2.20. The molecule has 0 saturated carbocycles. The standard InChI is InChI=1S/C14H16N2/c1-16-10-13(11-6-8-15-9-7-11)12-4-2-3-5-14(12)16/h2-6,10,15H,7-9H2,1H3. The summed E-state index contributed by atoms with van der Waals surface area (Å²) in [6, 6.07) is 8.62. The molecule has 0 fully saturated rings. The van der Waals surface area contributed by atoms with E-state index in [9.17, 15) is 0 Å². The Labute approximate surface area is 95.6 Å². The molecule has 0 spiro atoms. The SMILES string of the molecule is Cn1cc(C2=CCNCC2)c2ccccc21. The number of aromatic nitrogens is 1. The highest BCUT2D eigenvalue weighted by molar-refractivity contribution is 5.93. The minimum absolute atomic E-state index is 0.999. The predicted octanol–water partition coefficient (Wildman–Crippen LogP) is 2.56. The van der Waals surface area contributed by atoms with Crippen molar-refractivity contribution in [2.75, 3.05) is 13.1 Å². The Hall–Kier alpha value is -1.54.